The van der Waals surface area contributed by atoms with Crippen LogP contribution in [0.5, 0.6) is 5.75 Å². The van der Waals surface area contributed by atoms with Gasteiger partial charge in [-0.05, 0) is 48.0 Å². The molecule has 0 saturated heterocycles. The summed E-state index contributed by atoms with van der Waals surface area (Å²) in [5, 5.41) is 0.631. The van der Waals surface area contributed by atoms with Crippen LogP contribution >= 0.6 is 11.6 Å². The number of halogens is 2. The first-order chi connectivity index (χ1) is 9.13. The van der Waals surface area contributed by atoms with Crippen molar-refractivity contribution in [2.75, 3.05) is 0 Å². The summed E-state index contributed by atoms with van der Waals surface area (Å²) in [6, 6.07) is 12.3. The Morgan fingerprint density at radius 1 is 1.05 bits per heavy atom. The van der Waals surface area contributed by atoms with E-state index in [0.717, 1.165) is 5.56 Å². The molecule has 2 aromatic rings. The second-order valence-electron chi connectivity index (χ2n) is 3.76. The van der Waals surface area contributed by atoms with Gasteiger partial charge in [-0.25, -0.2) is 9.18 Å². The number of rotatable bonds is 3. The first-order valence-corrected chi connectivity index (χ1v) is 5.92. The molecule has 0 aliphatic heterocycles. The average Bonchev–Trinajstić information content (AvgIpc) is 2.41. The Bertz CT molecular complexity index is 589. The van der Waals surface area contributed by atoms with Gasteiger partial charge in [0.15, 0.2) is 0 Å². The van der Waals surface area contributed by atoms with E-state index in [2.05, 4.69) is 0 Å². The minimum atomic E-state index is -0.526. The highest BCUT2D eigenvalue weighted by Gasteiger charge is 2.00. The molecule has 19 heavy (non-hydrogen) atoms. The number of carbonyl (C=O) groups is 1. The van der Waals surface area contributed by atoms with Crippen LogP contribution in [-0.4, -0.2) is 5.97 Å². The predicted octanol–water partition coefficient (Wildman–Crippen LogP) is 4.10. The molecule has 0 bridgehead atoms. The van der Waals surface area contributed by atoms with Gasteiger partial charge < -0.3 is 4.74 Å². The number of esters is 1. The van der Waals surface area contributed by atoms with E-state index >= 15 is 0 Å². The SMILES string of the molecule is O=C(/C=C/c1ccc(Cl)cc1)Oc1ccc(F)cc1. The van der Waals surface area contributed by atoms with Crippen molar-refractivity contribution in [2.45, 2.75) is 0 Å². The Morgan fingerprint density at radius 2 is 1.68 bits per heavy atom. The standard InChI is InChI=1S/C15H10ClFO2/c16-12-4-1-11(2-5-12)3-10-15(18)19-14-8-6-13(17)7-9-14/h1-10H/b10-3+. The van der Waals surface area contributed by atoms with Gasteiger partial charge in [-0.3, -0.25) is 0 Å². The van der Waals surface area contributed by atoms with Gasteiger partial charge in [0.05, 0.1) is 0 Å². The molecule has 2 rings (SSSR count). The first-order valence-electron chi connectivity index (χ1n) is 5.54. The molecule has 0 spiro atoms. The van der Waals surface area contributed by atoms with Gasteiger partial charge in [0.25, 0.3) is 0 Å². The van der Waals surface area contributed by atoms with E-state index in [9.17, 15) is 9.18 Å². The molecule has 2 nitrogen and oxygen atoms in total. The van der Waals surface area contributed by atoms with Crippen molar-refractivity contribution in [3.05, 3.63) is 71.0 Å². The van der Waals surface area contributed by atoms with Crippen LogP contribution in [0.2, 0.25) is 5.02 Å². The highest BCUT2D eigenvalue weighted by molar-refractivity contribution is 6.30. The first kappa shape index (κ1) is 13.3. The molecule has 0 amide bonds. The number of benzene rings is 2. The summed E-state index contributed by atoms with van der Waals surface area (Å²) in [6.07, 6.45) is 2.91. The third-order valence-corrected chi connectivity index (χ3v) is 2.57. The average molecular weight is 277 g/mol. The van der Waals surface area contributed by atoms with Crippen LogP contribution in [-0.2, 0) is 4.79 Å². The molecule has 0 N–H and O–H groups in total. The molecule has 96 valence electrons. The Kier molecular flexibility index (Phi) is 4.31. The summed E-state index contributed by atoms with van der Waals surface area (Å²) in [5.41, 5.74) is 0.834. The van der Waals surface area contributed by atoms with E-state index in [1.807, 2.05) is 0 Å². The number of carbonyl (C=O) groups excluding carboxylic acids is 1. The fourth-order valence-electron chi connectivity index (χ4n) is 1.39. The van der Waals surface area contributed by atoms with Crippen LogP contribution in [0.15, 0.2) is 54.6 Å². The van der Waals surface area contributed by atoms with Crippen molar-refractivity contribution in [1.82, 2.24) is 0 Å². The highest BCUT2D eigenvalue weighted by atomic mass is 35.5. The lowest BCUT2D eigenvalue weighted by atomic mass is 10.2. The van der Waals surface area contributed by atoms with Crippen molar-refractivity contribution in [2.24, 2.45) is 0 Å². The molecule has 4 heteroatoms. The lowest BCUT2D eigenvalue weighted by molar-refractivity contribution is -0.128. The highest BCUT2D eigenvalue weighted by Crippen LogP contribution is 2.13. The van der Waals surface area contributed by atoms with E-state index in [1.165, 1.54) is 30.3 Å². The van der Waals surface area contributed by atoms with Crippen LogP contribution in [0.3, 0.4) is 0 Å². The third kappa shape index (κ3) is 4.23. The maximum Gasteiger partial charge on any atom is 0.336 e. The van der Waals surface area contributed by atoms with Gasteiger partial charge in [0.1, 0.15) is 11.6 Å². The molecular formula is C15H10ClFO2. The number of ether oxygens (including phenoxy) is 1. The Morgan fingerprint density at radius 3 is 2.32 bits per heavy atom. The molecule has 0 radical (unpaired) electrons. The third-order valence-electron chi connectivity index (χ3n) is 2.31. The summed E-state index contributed by atoms with van der Waals surface area (Å²) < 4.78 is 17.7. The Labute approximate surface area is 115 Å². The molecule has 0 atom stereocenters. The summed E-state index contributed by atoms with van der Waals surface area (Å²) in [6.45, 7) is 0. The van der Waals surface area contributed by atoms with E-state index in [1.54, 1.807) is 30.3 Å². The molecule has 0 unspecified atom stereocenters. The fourth-order valence-corrected chi connectivity index (χ4v) is 1.52. The molecule has 2 aromatic carbocycles. The summed E-state index contributed by atoms with van der Waals surface area (Å²) in [5.74, 6) is -0.606. The van der Waals surface area contributed by atoms with Crippen LogP contribution in [0, 0.1) is 5.82 Å². The molecular weight excluding hydrogens is 267 g/mol. The smallest absolute Gasteiger partial charge is 0.336 e. The zero-order valence-corrected chi connectivity index (χ0v) is 10.6. The van der Waals surface area contributed by atoms with Crippen molar-refractivity contribution in [3.8, 4) is 5.75 Å². The molecule has 0 aromatic heterocycles. The van der Waals surface area contributed by atoms with Crippen molar-refractivity contribution >= 4 is 23.6 Å². The Balaban J connectivity index is 1.97. The topological polar surface area (TPSA) is 26.3 Å². The van der Waals surface area contributed by atoms with Crippen molar-refractivity contribution in [1.29, 1.82) is 0 Å². The summed E-state index contributed by atoms with van der Waals surface area (Å²) in [4.78, 5) is 11.5. The van der Waals surface area contributed by atoms with E-state index in [-0.39, 0.29) is 5.82 Å². The minimum absolute atomic E-state index is 0.298. The van der Waals surface area contributed by atoms with E-state index < -0.39 is 5.97 Å². The van der Waals surface area contributed by atoms with Crippen LogP contribution < -0.4 is 4.74 Å². The van der Waals surface area contributed by atoms with Gasteiger partial charge in [-0.15, -0.1) is 0 Å². The normalized spacial score (nSPS) is 10.6. The van der Waals surface area contributed by atoms with Crippen molar-refractivity contribution in [3.63, 3.8) is 0 Å². The van der Waals surface area contributed by atoms with Crippen molar-refractivity contribution < 1.29 is 13.9 Å². The zero-order valence-electron chi connectivity index (χ0n) is 9.85. The van der Waals surface area contributed by atoms with Crippen LogP contribution in [0.25, 0.3) is 6.08 Å². The number of hydrogen-bond donors (Lipinski definition) is 0. The second-order valence-corrected chi connectivity index (χ2v) is 4.20. The monoisotopic (exact) mass is 276 g/mol. The zero-order chi connectivity index (χ0) is 13.7. The maximum atomic E-state index is 12.7. The second kappa shape index (κ2) is 6.16. The van der Waals surface area contributed by atoms with Gasteiger partial charge in [0, 0.05) is 11.1 Å². The van der Waals surface area contributed by atoms with E-state index in [4.69, 9.17) is 16.3 Å². The summed E-state index contributed by atoms with van der Waals surface area (Å²) >= 11 is 5.75. The van der Waals surface area contributed by atoms with E-state index in [0.29, 0.717) is 10.8 Å². The van der Waals surface area contributed by atoms with Gasteiger partial charge in [-0.2, -0.15) is 0 Å². The molecule has 0 saturated carbocycles. The predicted molar refractivity (Wildman–Crippen MR) is 72.5 cm³/mol. The number of hydrogen-bond acceptors (Lipinski definition) is 2. The molecule has 0 fully saturated rings. The van der Waals surface area contributed by atoms with Gasteiger partial charge in [-0.1, -0.05) is 23.7 Å². The van der Waals surface area contributed by atoms with Gasteiger partial charge >= 0.3 is 5.97 Å². The minimum Gasteiger partial charge on any atom is -0.423 e. The maximum absolute atomic E-state index is 12.7. The molecule has 0 aliphatic carbocycles. The lowest BCUT2D eigenvalue weighted by Gasteiger charge is -2.00. The molecule has 0 heterocycles. The quantitative estimate of drug-likeness (QED) is 0.479. The summed E-state index contributed by atoms with van der Waals surface area (Å²) in [7, 11) is 0. The lowest BCUT2D eigenvalue weighted by Crippen LogP contribution is -2.03. The Hall–Kier alpha value is -2.13. The van der Waals surface area contributed by atoms with Gasteiger partial charge in [0.2, 0.25) is 0 Å². The molecule has 0 aliphatic rings. The van der Waals surface area contributed by atoms with Crippen LogP contribution in [0.1, 0.15) is 5.56 Å². The fraction of sp³-hybridized carbons (Fsp3) is 0. The van der Waals surface area contributed by atoms with Crippen LogP contribution in [0.4, 0.5) is 4.39 Å². The largest absolute Gasteiger partial charge is 0.423 e.